The Hall–Kier alpha value is -1.92. The minimum Gasteiger partial charge on any atom is -0.466 e. The van der Waals surface area contributed by atoms with E-state index in [0.717, 1.165) is 51.4 Å². The molecule has 0 fully saturated rings. The number of carbonyl (C=O) groups is 2. The molecule has 0 heterocycles. The molecule has 0 saturated heterocycles. The van der Waals surface area contributed by atoms with Crippen molar-refractivity contribution in [3.8, 4) is 0 Å². The van der Waals surface area contributed by atoms with Crippen LogP contribution in [-0.4, -0.2) is 47.4 Å². The molecule has 2 unspecified atom stereocenters. The van der Waals surface area contributed by atoms with E-state index in [-0.39, 0.29) is 18.5 Å². The summed E-state index contributed by atoms with van der Waals surface area (Å²) < 4.78 is 5.51. The molecule has 0 aliphatic heterocycles. The highest BCUT2D eigenvalue weighted by atomic mass is 16.5. The van der Waals surface area contributed by atoms with E-state index in [2.05, 4.69) is 43.5 Å². The lowest BCUT2D eigenvalue weighted by molar-refractivity contribution is -0.143. The summed E-state index contributed by atoms with van der Waals surface area (Å²) in [6.45, 7) is 4.92. The van der Waals surface area contributed by atoms with Gasteiger partial charge in [0.15, 0.2) is 0 Å². The Labute approximate surface area is 538 Å². The fourth-order valence-electron chi connectivity index (χ4n) is 12.4. The number of esters is 1. The van der Waals surface area contributed by atoms with Gasteiger partial charge in [0.2, 0.25) is 5.91 Å². The van der Waals surface area contributed by atoms with Crippen molar-refractivity contribution in [3.05, 3.63) is 36.5 Å². The number of aliphatic hydroxyl groups is 2. The number of ether oxygens (including phenoxy) is 1. The molecule has 0 radical (unpaired) electrons. The lowest BCUT2D eigenvalue weighted by atomic mass is 10.0. The normalized spacial score (nSPS) is 12.7. The average molecular weight is 1210 g/mol. The maximum absolute atomic E-state index is 12.5. The smallest absolute Gasteiger partial charge is 0.305 e. The summed E-state index contributed by atoms with van der Waals surface area (Å²) in [6.07, 6.45) is 98.3. The second-order valence-electron chi connectivity index (χ2n) is 27.0. The lowest BCUT2D eigenvalue weighted by Gasteiger charge is -2.20. The van der Waals surface area contributed by atoms with Gasteiger partial charge in [-0.15, -0.1) is 0 Å². The van der Waals surface area contributed by atoms with Gasteiger partial charge in [-0.05, 0) is 64.2 Å². The molecule has 86 heavy (non-hydrogen) atoms. The Morgan fingerprint density at radius 2 is 0.581 bits per heavy atom. The van der Waals surface area contributed by atoms with Crippen LogP contribution in [0.3, 0.4) is 0 Å². The van der Waals surface area contributed by atoms with E-state index in [1.165, 1.54) is 360 Å². The van der Waals surface area contributed by atoms with Crippen LogP contribution in [-0.2, 0) is 14.3 Å². The van der Waals surface area contributed by atoms with E-state index in [4.69, 9.17) is 4.74 Å². The predicted molar refractivity (Wildman–Crippen MR) is 379 cm³/mol. The van der Waals surface area contributed by atoms with Gasteiger partial charge in [-0.3, -0.25) is 9.59 Å². The van der Waals surface area contributed by atoms with Gasteiger partial charge < -0.3 is 20.3 Å². The first-order valence-electron chi connectivity index (χ1n) is 39.3. The van der Waals surface area contributed by atoms with Crippen molar-refractivity contribution in [2.24, 2.45) is 0 Å². The predicted octanol–water partition coefficient (Wildman–Crippen LogP) is 25.8. The number of rotatable bonds is 74. The highest BCUT2D eigenvalue weighted by Gasteiger charge is 2.18. The number of amides is 1. The third kappa shape index (κ3) is 71.2. The van der Waals surface area contributed by atoms with E-state index in [9.17, 15) is 19.8 Å². The van der Waals surface area contributed by atoms with Crippen LogP contribution in [0.5, 0.6) is 0 Å². The first-order valence-corrected chi connectivity index (χ1v) is 39.3. The van der Waals surface area contributed by atoms with Gasteiger partial charge in [0.1, 0.15) is 0 Å². The van der Waals surface area contributed by atoms with Crippen molar-refractivity contribution in [1.29, 1.82) is 0 Å². The zero-order chi connectivity index (χ0) is 62.0. The molecule has 0 aromatic carbocycles. The van der Waals surface area contributed by atoms with Crippen LogP contribution >= 0.6 is 0 Å². The van der Waals surface area contributed by atoms with Gasteiger partial charge in [0, 0.05) is 12.8 Å². The topological polar surface area (TPSA) is 95.9 Å². The first kappa shape index (κ1) is 84.1. The molecule has 508 valence electrons. The summed E-state index contributed by atoms with van der Waals surface area (Å²) in [5.41, 5.74) is 0. The number of allylic oxidation sites excluding steroid dienone is 5. The maximum atomic E-state index is 12.5. The van der Waals surface area contributed by atoms with Crippen LogP contribution in [0.15, 0.2) is 36.5 Å². The Bertz CT molecular complexity index is 1390. The van der Waals surface area contributed by atoms with Gasteiger partial charge in [0.25, 0.3) is 0 Å². The van der Waals surface area contributed by atoms with Crippen LogP contribution in [0.25, 0.3) is 0 Å². The minimum atomic E-state index is -0.842. The largest absolute Gasteiger partial charge is 0.466 e. The highest BCUT2D eigenvalue weighted by molar-refractivity contribution is 5.76. The molecule has 2 atom stereocenters. The Balaban J connectivity index is 3.34. The number of aliphatic hydroxyl groups excluding tert-OH is 2. The second kappa shape index (κ2) is 75.5. The number of hydrogen-bond donors (Lipinski definition) is 3. The standard InChI is InChI=1S/C80H153NO5/c1-3-5-7-9-11-13-15-17-19-21-37-41-44-48-52-56-60-64-68-72-78(83)77(76-82)81-79(84)73-69-65-61-57-53-49-45-42-38-35-33-31-29-27-25-23-22-24-26-28-30-32-34-36-39-43-47-51-55-59-63-67-71-75-86-80(85)74-70-66-62-58-54-50-46-40-20-18-16-14-12-10-8-6-4-2/h12,14,18,20,68,72,77-78,82-83H,3-11,13,15-17,19,21-67,69-71,73-76H2,1-2H3,(H,81,84)/b14-12-,20-18-,72-68+. The summed E-state index contributed by atoms with van der Waals surface area (Å²) in [5.74, 6) is -0.0449. The third-order valence-corrected chi connectivity index (χ3v) is 18.4. The van der Waals surface area contributed by atoms with E-state index in [1.54, 1.807) is 6.08 Å². The molecule has 0 aliphatic carbocycles. The Morgan fingerprint density at radius 1 is 0.326 bits per heavy atom. The zero-order valence-electron chi connectivity index (χ0n) is 58.3. The summed E-state index contributed by atoms with van der Waals surface area (Å²) in [5, 5.41) is 23.3. The SMILES string of the molecule is CCCCC/C=C\C/C=C\CCCCCCCCCC(=O)OCCCCCCCCCCCCCCCCCCCCCCCCCCCCCCCCCCCC(=O)NC(CO)C(O)/C=C/CCCCCCCCCCCCCCCCCCC. The molecule has 0 aromatic heterocycles. The van der Waals surface area contributed by atoms with Crippen LogP contribution in [0.2, 0.25) is 0 Å². The lowest BCUT2D eigenvalue weighted by Crippen LogP contribution is -2.45. The molecule has 6 nitrogen and oxygen atoms in total. The van der Waals surface area contributed by atoms with Gasteiger partial charge >= 0.3 is 5.97 Å². The fraction of sp³-hybridized carbons (Fsp3) is 0.900. The van der Waals surface area contributed by atoms with E-state index >= 15 is 0 Å². The highest BCUT2D eigenvalue weighted by Crippen LogP contribution is 2.20. The van der Waals surface area contributed by atoms with Crippen LogP contribution in [0, 0.1) is 0 Å². The van der Waals surface area contributed by atoms with Crippen molar-refractivity contribution in [1.82, 2.24) is 5.32 Å². The van der Waals surface area contributed by atoms with Crippen molar-refractivity contribution in [2.75, 3.05) is 13.2 Å². The van der Waals surface area contributed by atoms with Crippen LogP contribution in [0.4, 0.5) is 0 Å². The molecule has 0 saturated carbocycles. The number of hydrogen-bond acceptors (Lipinski definition) is 5. The molecule has 0 aromatic rings. The van der Waals surface area contributed by atoms with E-state index in [0.29, 0.717) is 19.4 Å². The van der Waals surface area contributed by atoms with Gasteiger partial charge in [-0.25, -0.2) is 0 Å². The molecule has 6 heteroatoms. The van der Waals surface area contributed by atoms with Gasteiger partial charge in [-0.2, -0.15) is 0 Å². The number of carbonyl (C=O) groups excluding carboxylic acids is 2. The molecule has 3 N–H and O–H groups in total. The summed E-state index contributed by atoms with van der Waals surface area (Å²) >= 11 is 0. The quantitative estimate of drug-likeness (QED) is 0.0320. The van der Waals surface area contributed by atoms with E-state index < -0.39 is 12.1 Å². The molecule has 0 bridgehead atoms. The molecule has 1 amide bonds. The van der Waals surface area contributed by atoms with Crippen molar-refractivity contribution < 1.29 is 24.5 Å². The maximum Gasteiger partial charge on any atom is 0.305 e. The number of unbranched alkanes of at least 4 members (excludes halogenated alkanes) is 59. The van der Waals surface area contributed by atoms with Crippen molar-refractivity contribution in [2.45, 2.75) is 450 Å². The van der Waals surface area contributed by atoms with Crippen molar-refractivity contribution in [3.63, 3.8) is 0 Å². The second-order valence-corrected chi connectivity index (χ2v) is 27.0. The Kier molecular flexibility index (Phi) is 73.9. The van der Waals surface area contributed by atoms with Crippen molar-refractivity contribution >= 4 is 11.9 Å². The van der Waals surface area contributed by atoms with Crippen LogP contribution < -0.4 is 5.32 Å². The fourth-order valence-corrected chi connectivity index (χ4v) is 12.4. The van der Waals surface area contributed by atoms with Gasteiger partial charge in [-0.1, -0.05) is 397 Å². The summed E-state index contributed by atoms with van der Waals surface area (Å²) in [4.78, 5) is 24.6. The van der Waals surface area contributed by atoms with E-state index in [1.807, 2.05) is 6.08 Å². The molecular formula is C80H153NO5. The number of nitrogens with one attached hydrogen (secondary N) is 1. The minimum absolute atomic E-state index is 0.0143. The monoisotopic (exact) mass is 1210 g/mol. The third-order valence-electron chi connectivity index (χ3n) is 18.4. The molecular weight excluding hydrogens is 1050 g/mol. The summed E-state index contributed by atoms with van der Waals surface area (Å²) in [6, 6.07) is -0.625. The first-order chi connectivity index (χ1) is 42.5. The van der Waals surface area contributed by atoms with Gasteiger partial charge in [0.05, 0.1) is 25.4 Å². The summed E-state index contributed by atoms with van der Waals surface area (Å²) in [7, 11) is 0. The molecule has 0 spiro atoms. The molecule has 0 rings (SSSR count). The molecule has 0 aliphatic rings. The Morgan fingerprint density at radius 3 is 0.907 bits per heavy atom. The average Bonchev–Trinajstić information content (AvgIpc) is 3.55. The zero-order valence-corrected chi connectivity index (χ0v) is 58.3. The van der Waals surface area contributed by atoms with Crippen LogP contribution in [0.1, 0.15) is 438 Å².